The summed E-state index contributed by atoms with van der Waals surface area (Å²) in [6, 6.07) is 12.5. The Morgan fingerprint density at radius 3 is 1.83 bits per heavy atom. The van der Waals surface area contributed by atoms with E-state index in [1.54, 1.807) is 24.3 Å². The molecule has 0 aromatic heterocycles. The lowest BCUT2D eigenvalue weighted by atomic mass is 10.0. The van der Waals surface area contributed by atoms with E-state index in [4.69, 9.17) is 4.74 Å². The Hall–Kier alpha value is -2.55. The zero-order valence-corrected chi connectivity index (χ0v) is 13.1. The van der Waals surface area contributed by atoms with Crippen molar-refractivity contribution in [1.29, 1.82) is 0 Å². The first kappa shape index (κ1) is 17.8. The van der Waals surface area contributed by atoms with Gasteiger partial charge in [-0.1, -0.05) is 24.3 Å². The van der Waals surface area contributed by atoms with Crippen LogP contribution in [0.2, 0.25) is 0 Å². The first-order chi connectivity index (χ1) is 11.1. The largest absolute Gasteiger partial charge is 0.516 e. The zero-order chi connectivity index (χ0) is 18.0. The van der Waals surface area contributed by atoms with Gasteiger partial charge in [0.1, 0.15) is 5.75 Å². The van der Waals surface area contributed by atoms with Crippen LogP contribution in [-0.2, 0) is 10.0 Å². The van der Waals surface area contributed by atoms with Gasteiger partial charge in [0.2, 0.25) is 0 Å². The summed E-state index contributed by atoms with van der Waals surface area (Å²) < 4.78 is 64.6. The standard InChI is InChI=1S/C15H12F3NO4S/c1-23-13-8-6-11(7-9-13)10-2-4-12(5-3-10)14(20)19-24(21,22)15(16,17)18/h2-9H,1H3,(H,19,20). The molecule has 128 valence electrons. The molecule has 1 amide bonds. The molecule has 5 nitrogen and oxygen atoms in total. The Kier molecular flexibility index (Phi) is 4.83. The van der Waals surface area contributed by atoms with E-state index in [9.17, 15) is 26.4 Å². The van der Waals surface area contributed by atoms with Crippen LogP contribution in [-0.4, -0.2) is 26.9 Å². The second-order valence-electron chi connectivity index (χ2n) is 4.69. The number of carbonyl (C=O) groups is 1. The van der Waals surface area contributed by atoms with Crippen molar-refractivity contribution in [2.24, 2.45) is 0 Å². The van der Waals surface area contributed by atoms with Crippen LogP contribution < -0.4 is 9.46 Å². The molecule has 1 N–H and O–H groups in total. The smallest absolute Gasteiger partial charge is 0.497 e. The number of benzene rings is 2. The molecule has 0 heterocycles. The number of halogens is 3. The molecule has 24 heavy (non-hydrogen) atoms. The highest BCUT2D eigenvalue weighted by Crippen LogP contribution is 2.24. The third-order valence-electron chi connectivity index (χ3n) is 3.10. The van der Waals surface area contributed by atoms with Gasteiger partial charge in [0.15, 0.2) is 0 Å². The molecule has 0 radical (unpaired) electrons. The van der Waals surface area contributed by atoms with Gasteiger partial charge >= 0.3 is 15.5 Å². The second-order valence-corrected chi connectivity index (χ2v) is 6.36. The van der Waals surface area contributed by atoms with Crippen molar-refractivity contribution in [3.05, 3.63) is 54.1 Å². The summed E-state index contributed by atoms with van der Waals surface area (Å²) in [7, 11) is -4.20. The van der Waals surface area contributed by atoms with Gasteiger partial charge in [0.05, 0.1) is 7.11 Å². The first-order valence-electron chi connectivity index (χ1n) is 6.52. The fraction of sp³-hybridized carbons (Fsp3) is 0.133. The Balaban J connectivity index is 2.18. The topological polar surface area (TPSA) is 72.5 Å². The lowest BCUT2D eigenvalue weighted by Crippen LogP contribution is -2.40. The van der Waals surface area contributed by atoms with Crippen LogP contribution in [0, 0.1) is 0 Å². The molecular weight excluding hydrogens is 347 g/mol. The highest BCUT2D eigenvalue weighted by molar-refractivity contribution is 7.90. The van der Waals surface area contributed by atoms with Crippen LogP contribution in [0.25, 0.3) is 11.1 Å². The molecule has 2 rings (SSSR count). The number of hydrogen-bond acceptors (Lipinski definition) is 4. The third kappa shape index (κ3) is 3.85. The minimum Gasteiger partial charge on any atom is -0.497 e. The molecule has 0 aliphatic carbocycles. The summed E-state index contributed by atoms with van der Waals surface area (Å²) in [5.74, 6) is -0.694. The minimum absolute atomic E-state index is 0.208. The number of amides is 1. The molecule has 0 bridgehead atoms. The van der Waals surface area contributed by atoms with Crippen LogP contribution in [0.5, 0.6) is 5.75 Å². The van der Waals surface area contributed by atoms with Gasteiger partial charge < -0.3 is 4.74 Å². The average molecular weight is 359 g/mol. The Bertz CT molecular complexity index is 829. The van der Waals surface area contributed by atoms with Crippen molar-refractivity contribution in [2.75, 3.05) is 7.11 Å². The minimum atomic E-state index is -5.73. The number of carbonyl (C=O) groups excluding carboxylic acids is 1. The molecule has 0 atom stereocenters. The molecule has 0 aliphatic heterocycles. The van der Waals surface area contributed by atoms with E-state index in [1.807, 2.05) is 0 Å². The number of methoxy groups -OCH3 is 1. The van der Waals surface area contributed by atoms with E-state index in [2.05, 4.69) is 0 Å². The van der Waals surface area contributed by atoms with Crippen molar-refractivity contribution in [3.63, 3.8) is 0 Å². The average Bonchev–Trinajstić information content (AvgIpc) is 2.53. The Morgan fingerprint density at radius 1 is 0.958 bits per heavy atom. The maximum Gasteiger partial charge on any atom is 0.516 e. The maximum atomic E-state index is 12.2. The number of sulfonamides is 1. The molecule has 0 saturated heterocycles. The molecule has 0 fully saturated rings. The number of alkyl halides is 3. The van der Waals surface area contributed by atoms with Crippen LogP contribution >= 0.6 is 0 Å². The number of nitrogens with one attached hydrogen (secondary N) is 1. The number of hydrogen-bond donors (Lipinski definition) is 1. The van der Waals surface area contributed by atoms with Gasteiger partial charge in [-0.3, -0.25) is 4.79 Å². The van der Waals surface area contributed by atoms with E-state index >= 15 is 0 Å². The van der Waals surface area contributed by atoms with Gasteiger partial charge in [-0.2, -0.15) is 21.6 Å². The zero-order valence-electron chi connectivity index (χ0n) is 12.3. The van der Waals surface area contributed by atoms with Gasteiger partial charge in [-0.25, -0.2) is 4.72 Å². The van der Waals surface area contributed by atoms with Crippen LogP contribution in [0.4, 0.5) is 13.2 Å². The maximum absolute atomic E-state index is 12.2. The van der Waals surface area contributed by atoms with Gasteiger partial charge in [-0.05, 0) is 35.4 Å². The third-order valence-corrected chi connectivity index (χ3v) is 4.17. The van der Waals surface area contributed by atoms with Crippen molar-refractivity contribution < 1.29 is 31.1 Å². The summed E-state index contributed by atoms with van der Waals surface area (Å²) in [6.07, 6.45) is 0. The van der Waals surface area contributed by atoms with Crippen molar-refractivity contribution in [2.45, 2.75) is 5.51 Å². The summed E-state index contributed by atoms with van der Waals surface area (Å²) >= 11 is 0. The van der Waals surface area contributed by atoms with Crippen molar-refractivity contribution >= 4 is 15.9 Å². The van der Waals surface area contributed by atoms with Crippen LogP contribution in [0.15, 0.2) is 48.5 Å². The summed E-state index contributed by atoms with van der Waals surface area (Å²) in [5.41, 5.74) is -4.26. The molecule has 0 unspecified atom stereocenters. The fourth-order valence-corrected chi connectivity index (χ4v) is 2.31. The molecule has 2 aromatic carbocycles. The molecule has 9 heteroatoms. The van der Waals surface area contributed by atoms with Crippen molar-refractivity contribution in [1.82, 2.24) is 4.72 Å². The van der Waals surface area contributed by atoms with E-state index in [-0.39, 0.29) is 5.56 Å². The van der Waals surface area contributed by atoms with Gasteiger partial charge in [-0.15, -0.1) is 0 Å². The van der Waals surface area contributed by atoms with Gasteiger partial charge in [0, 0.05) is 5.56 Å². The Labute approximate surface area is 136 Å². The number of ether oxygens (including phenoxy) is 1. The highest BCUT2D eigenvalue weighted by atomic mass is 32.2. The molecule has 2 aromatic rings. The van der Waals surface area contributed by atoms with Gasteiger partial charge in [0.25, 0.3) is 5.91 Å². The number of rotatable bonds is 4. The summed E-state index contributed by atoms with van der Waals surface area (Å²) in [6.45, 7) is 0. The van der Waals surface area contributed by atoms with Crippen LogP contribution in [0.1, 0.15) is 10.4 Å². The highest BCUT2D eigenvalue weighted by Gasteiger charge is 2.47. The SMILES string of the molecule is COc1ccc(-c2ccc(C(=O)NS(=O)(=O)C(F)(F)F)cc2)cc1. The van der Waals surface area contributed by atoms with E-state index in [0.717, 1.165) is 10.3 Å². The first-order valence-corrected chi connectivity index (χ1v) is 8.00. The van der Waals surface area contributed by atoms with Crippen LogP contribution in [0.3, 0.4) is 0 Å². The summed E-state index contributed by atoms with van der Waals surface area (Å²) in [5, 5.41) is 0. The second kappa shape index (κ2) is 6.52. The van der Waals surface area contributed by atoms with E-state index in [0.29, 0.717) is 11.3 Å². The monoisotopic (exact) mass is 359 g/mol. The molecule has 0 aliphatic rings. The lowest BCUT2D eigenvalue weighted by Gasteiger charge is -2.10. The summed E-state index contributed by atoms with van der Waals surface area (Å²) in [4.78, 5) is 11.6. The fourth-order valence-electron chi connectivity index (χ4n) is 1.84. The Morgan fingerprint density at radius 2 is 1.42 bits per heavy atom. The predicted octanol–water partition coefficient (Wildman–Crippen LogP) is 2.94. The van der Waals surface area contributed by atoms with E-state index in [1.165, 1.54) is 31.4 Å². The normalized spacial score (nSPS) is 11.8. The molecular formula is C15H12F3NO4S. The van der Waals surface area contributed by atoms with Crippen molar-refractivity contribution in [3.8, 4) is 16.9 Å². The molecule has 0 saturated carbocycles. The predicted molar refractivity (Wildman–Crippen MR) is 80.9 cm³/mol. The van der Waals surface area contributed by atoms with E-state index < -0.39 is 21.4 Å². The molecule has 0 spiro atoms. The lowest BCUT2D eigenvalue weighted by molar-refractivity contribution is -0.0446. The quantitative estimate of drug-likeness (QED) is 0.911.